The number of nitrogens with one attached hydrogen (secondary N) is 1. The molecule has 1 N–H and O–H groups in total. The van der Waals surface area contributed by atoms with Crippen molar-refractivity contribution in [3.63, 3.8) is 0 Å². The van der Waals surface area contributed by atoms with Gasteiger partial charge in [-0.25, -0.2) is 4.98 Å². The standard InChI is InChI=1S/C18H12ClN5O2S/c19-13-6-8-14(9-7-13)24-16(17(25)26-23-24)15-11-27-18(21-15)22-20-10-12-4-2-1-3-5-12/h1-11H,(H-,21,22,23,25)/b20-10+. The third-order valence-corrected chi connectivity index (χ3v) is 4.60. The average Bonchev–Trinajstić information content (AvgIpc) is 3.30. The number of hydrogen-bond donors (Lipinski definition) is 1. The van der Waals surface area contributed by atoms with Crippen LogP contribution in [0.3, 0.4) is 0 Å². The van der Waals surface area contributed by atoms with Gasteiger partial charge in [-0.15, -0.1) is 11.3 Å². The fourth-order valence-corrected chi connectivity index (χ4v) is 3.13. The molecule has 0 aliphatic carbocycles. The van der Waals surface area contributed by atoms with E-state index < -0.39 is 5.95 Å². The molecular formula is C18H12ClN5O2S. The Kier molecular flexibility index (Phi) is 4.82. The quantitative estimate of drug-likeness (QED) is 0.317. The Labute approximate surface area is 163 Å². The van der Waals surface area contributed by atoms with Gasteiger partial charge >= 0.3 is 0 Å². The largest absolute Gasteiger partial charge is 0.539 e. The van der Waals surface area contributed by atoms with Crippen molar-refractivity contribution < 1.29 is 14.3 Å². The first-order valence-corrected chi connectivity index (χ1v) is 9.11. The van der Waals surface area contributed by atoms with Gasteiger partial charge < -0.3 is 9.63 Å². The summed E-state index contributed by atoms with van der Waals surface area (Å²) in [5.41, 5.74) is 5.14. The second-order valence-electron chi connectivity index (χ2n) is 5.42. The van der Waals surface area contributed by atoms with Gasteiger partial charge in [0.1, 0.15) is 0 Å². The Balaban J connectivity index is 1.58. The summed E-state index contributed by atoms with van der Waals surface area (Å²) in [4.78, 5) is 4.40. The maximum absolute atomic E-state index is 12.1. The van der Waals surface area contributed by atoms with Crippen LogP contribution in [-0.4, -0.2) is 16.5 Å². The molecule has 27 heavy (non-hydrogen) atoms. The number of thiazole rings is 1. The molecule has 9 heteroatoms. The lowest BCUT2D eigenvalue weighted by Crippen LogP contribution is -2.34. The molecule has 0 amide bonds. The monoisotopic (exact) mass is 397 g/mol. The van der Waals surface area contributed by atoms with Crippen LogP contribution in [0.25, 0.3) is 17.1 Å². The number of nitrogens with zero attached hydrogens (tertiary/aromatic N) is 4. The summed E-state index contributed by atoms with van der Waals surface area (Å²) in [6.45, 7) is 0. The summed E-state index contributed by atoms with van der Waals surface area (Å²) in [5.74, 6) is -0.574. The Bertz CT molecular complexity index is 1080. The Morgan fingerprint density at radius 1 is 1.15 bits per heavy atom. The zero-order chi connectivity index (χ0) is 18.6. The first kappa shape index (κ1) is 17.2. The third kappa shape index (κ3) is 3.81. The topological polar surface area (TPSA) is 90.2 Å². The Morgan fingerprint density at radius 2 is 1.93 bits per heavy atom. The van der Waals surface area contributed by atoms with Gasteiger partial charge in [-0.3, -0.25) is 5.43 Å². The first-order chi connectivity index (χ1) is 13.2. The summed E-state index contributed by atoms with van der Waals surface area (Å²) >= 11 is 7.23. The van der Waals surface area contributed by atoms with Gasteiger partial charge in [-0.2, -0.15) is 5.10 Å². The van der Waals surface area contributed by atoms with Crippen LogP contribution < -0.4 is 15.2 Å². The fourth-order valence-electron chi connectivity index (χ4n) is 2.36. The molecule has 7 nitrogen and oxygen atoms in total. The van der Waals surface area contributed by atoms with Gasteiger partial charge in [0, 0.05) is 22.5 Å². The lowest BCUT2D eigenvalue weighted by molar-refractivity contribution is -0.660. The number of hydrogen-bond acceptors (Lipinski definition) is 7. The van der Waals surface area contributed by atoms with Crippen LogP contribution in [0.4, 0.5) is 5.13 Å². The summed E-state index contributed by atoms with van der Waals surface area (Å²) in [6, 6.07) is 16.6. The normalized spacial score (nSPS) is 11.1. The predicted molar refractivity (Wildman–Crippen MR) is 101 cm³/mol. The highest BCUT2D eigenvalue weighted by molar-refractivity contribution is 7.14. The van der Waals surface area contributed by atoms with Crippen molar-refractivity contribution in [1.82, 2.24) is 10.3 Å². The van der Waals surface area contributed by atoms with E-state index in [0.29, 0.717) is 21.5 Å². The molecule has 0 aliphatic rings. The SMILES string of the molecule is [O-]c1on[n+](-c2ccc(Cl)cc2)c1-c1csc(N/N=C/c2ccccc2)n1. The van der Waals surface area contributed by atoms with Crippen LogP contribution in [0.5, 0.6) is 5.95 Å². The second-order valence-corrected chi connectivity index (χ2v) is 6.71. The molecule has 4 rings (SSSR count). The summed E-state index contributed by atoms with van der Waals surface area (Å²) < 4.78 is 6.22. The highest BCUT2D eigenvalue weighted by Gasteiger charge is 2.24. The lowest BCUT2D eigenvalue weighted by Gasteiger charge is -1.96. The Hall–Kier alpha value is -3.23. The molecule has 0 spiro atoms. The van der Waals surface area contributed by atoms with Crippen LogP contribution >= 0.6 is 22.9 Å². The number of halogens is 1. The smallest absolute Gasteiger partial charge is 0.289 e. The van der Waals surface area contributed by atoms with Gasteiger partial charge in [0.15, 0.2) is 11.6 Å². The molecule has 0 saturated heterocycles. The molecule has 2 heterocycles. The molecule has 0 unspecified atom stereocenters. The number of anilines is 1. The minimum absolute atomic E-state index is 0.230. The number of hydrazone groups is 1. The van der Waals surface area contributed by atoms with Crippen LogP contribution in [0, 0.1) is 0 Å². The maximum Gasteiger partial charge on any atom is 0.289 e. The lowest BCUT2D eigenvalue weighted by atomic mass is 10.2. The third-order valence-electron chi connectivity index (χ3n) is 3.60. The number of benzene rings is 2. The van der Waals surface area contributed by atoms with Crippen molar-refractivity contribution in [3.8, 4) is 23.0 Å². The van der Waals surface area contributed by atoms with Crippen molar-refractivity contribution >= 4 is 34.3 Å². The fraction of sp³-hybridized carbons (Fsp3) is 0. The summed E-state index contributed by atoms with van der Waals surface area (Å²) in [5, 5.41) is 23.0. The molecule has 0 fully saturated rings. The van der Waals surface area contributed by atoms with E-state index in [9.17, 15) is 5.11 Å². The summed E-state index contributed by atoms with van der Waals surface area (Å²) in [6.07, 6.45) is 1.69. The molecule has 0 atom stereocenters. The Morgan fingerprint density at radius 3 is 2.70 bits per heavy atom. The van der Waals surface area contributed by atoms with Crippen molar-refractivity contribution in [2.24, 2.45) is 5.10 Å². The second kappa shape index (κ2) is 7.56. The number of aromatic nitrogens is 3. The van der Waals surface area contributed by atoms with Crippen LogP contribution in [0.15, 0.2) is 69.6 Å². The van der Waals surface area contributed by atoms with Crippen molar-refractivity contribution in [3.05, 3.63) is 70.6 Å². The highest BCUT2D eigenvalue weighted by atomic mass is 35.5. The van der Waals surface area contributed by atoms with E-state index >= 15 is 0 Å². The van der Waals surface area contributed by atoms with E-state index in [1.54, 1.807) is 35.9 Å². The van der Waals surface area contributed by atoms with E-state index in [-0.39, 0.29) is 5.69 Å². The molecular weight excluding hydrogens is 386 g/mol. The van der Waals surface area contributed by atoms with Gasteiger partial charge in [-0.1, -0.05) is 41.9 Å². The molecule has 2 aromatic heterocycles. The number of rotatable bonds is 5. The van der Waals surface area contributed by atoms with Crippen molar-refractivity contribution in [2.75, 3.05) is 5.43 Å². The molecule has 0 radical (unpaired) electrons. The van der Waals surface area contributed by atoms with Crippen molar-refractivity contribution in [1.29, 1.82) is 0 Å². The first-order valence-electron chi connectivity index (χ1n) is 7.86. The molecule has 0 saturated carbocycles. The van der Waals surface area contributed by atoms with E-state index in [4.69, 9.17) is 16.1 Å². The van der Waals surface area contributed by atoms with Crippen molar-refractivity contribution in [2.45, 2.75) is 0 Å². The molecule has 4 aromatic rings. The van der Waals surface area contributed by atoms with Crippen LogP contribution in [-0.2, 0) is 0 Å². The molecule has 0 aliphatic heterocycles. The minimum atomic E-state index is -0.574. The van der Waals surface area contributed by atoms with Gasteiger partial charge in [0.2, 0.25) is 10.8 Å². The zero-order valence-electron chi connectivity index (χ0n) is 13.7. The highest BCUT2D eigenvalue weighted by Crippen LogP contribution is 2.28. The van der Waals surface area contributed by atoms with Crippen LogP contribution in [0.1, 0.15) is 5.56 Å². The van der Waals surface area contributed by atoms with E-state index in [1.807, 2.05) is 30.3 Å². The van der Waals surface area contributed by atoms with E-state index in [1.165, 1.54) is 16.0 Å². The van der Waals surface area contributed by atoms with Gasteiger partial charge in [0.05, 0.1) is 11.5 Å². The van der Waals surface area contributed by atoms with Gasteiger partial charge in [-0.05, 0) is 22.4 Å². The summed E-state index contributed by atoms with van der Waals surface area (Å²) in [7, 11) is 0. The molecule has 2 aromatic carbocycles. The molecule has 134 valence electrons. The van der Waals surface area contributed by atoms with E-state index in [0.717, 1.165) is 5.56 Å². The minimum Gasteiger partial charge on any atom is -0.539 e. The zero-order valence-corrected chi connectivity index (χ0v) is 15.3. The van der Waals surface area contributed by atoms with Gasteiger partial charge in [0.25, 0.3) is 5.69 Å². The predicted octanol–water partition coefficient (Wildman–Crippen LogP) is 3.25. The van der Waals surface area contributed by atoms with E-state index in [2.05, 4.69) is 20.8 Å². The molecule has 0 bridgehead atoms. The van der Waals surface area contributed by atoms with Crippen LogP contribution in [0.2, 0.25) is 5.02 Å². The maximum atomic E-state index is 12.1. The average molecular weight is 398 g/mol.